The smallest absolute Gasteiger partial charge is 0.0897 e. The van der Waals surface area contributed by atoms with Gasteiger partial charge in [-0.1, -0.05) is 20.8 Å². The van der Waals surface area contributed by atoms with E-state index in [0.29, 0.717) is 17.5 Å². The Morgan fingerprint density at radius 2 is 2.22 bits per heavy atom. The Hall–Kier alpha value is -0.450. The molecule has 2 heterocycles. The van der Waals surface area contributed by atoms with E-state index >= 15 is 0 Å². The third kappa shape index (κ3) is 3.31. The summed E-state index contributed by atoms with van der Waals surface area (Å²) in [5.41, 5.74) is 1.54. The predicted molar refractivity (Wildman–Crippen MR) is 78.0 cm³/mol. The summed E-state index contributed by atoms with van der Waals surface area (Å²) in [4.78, 5) is 7.14. The maximum atomic E-state index is 4.58. The highest BCUT2D eigenvalue weighted by Gasteiger charge is 2.32. The van der Waals surface area contributed by atoms with Crippen LogP contribution in [0.25, 0.3) is 0 Å². The van der Waals surface area contributed by atoms with Crippen LogP contribution in [-0.2, 0) is 6.54 Å². The average Bonchev–Trinajstić information content (AvgIpc) is 2.66. The number of nitrogens with one attached hydrogen (secondary N) is 1. The Morgan fingerprint density at radius 3 is 2.78 bits per heavy atom. The monoisotopic (exact) mass is 267 g/mol. The lowest BCUT2D eigenvalue weighted by molar-refractivity contribution is 0.0868. The van der Waals surface area contributed by atoms with Crippen molar-refractivity contribution in [1.29, 1.82) is 0 Å². The molecule has 3 nitrogen and oxygen atoms in total. The highest BCUT2D eigenvalue weighted by atomic mass is 32.1. The molecule has 18 heavy (non-hydrogen) atoms. The molecule has 0 amide bonds. The minimum absolute atomic E-state index is 0.316. The Morgan fingerprint density at radius 1 is 1.50 bits per heavy atom. The molecule has 2 atom stereocenters. The van der Waals surface area contributed by atoms with Crippen LogP contribution in [0.5, 0.6) is 0 Å². The molecule has 2 unspecified atom stereocenters. The fourth-order valence-electron chi connectivity index (χ4n) is 2.41. The first kappa shape index (κ1) is 14.0. The van der Waals surface area contributed by atoms with Crippen molar-refractivity contribution in [2.75, 3.05) is 13.1 Å². The van der Waals surface area contributed by atoms with Crippen molar-refractivity contribution in [2.45, 2.75) is 53.2 Å². The van der Waals surface area contributed by atoms with E-state index in [0.717, 1.165) is 19.6 Å². The van der Waals surface area contributed by atoms with E-state index in [-0.39, 0.29) is 0 Å². The molecule has 0 radical (unpaired) electrons. The van der Waals surface area contributed by atoms with Gasteiger partial charge in [-0.2, -0.15) is 0 Å². The Bertz CT molecular complexity index is 394. The lowest BCUT2D eigenvalue weighted by Crippen LogP contribution is -2.59. The van der Waals surface area contributed by atoms with E-state index in [1.165, 1.54) is 10.7 Å². The van der Waals surface area contributed by atoms with E-state index < -0.39 is 0 Å². The van der Waals surface area contributed by atoms with E-state index in [2.05, 4.69) is 55.2 Å². The predicted octanol–water partition coefficient (Wildman–Crippen LogP) is 2.66. The first-order valence-electron chi connectivity index (χ1n) is 6.74. The van der Waals surface area contributed by atoms with Gasteiger partial charge in [-0.05, 0) is 19.3 Å². The number of hydrogen-bond donors (Lipinski definition) is 1. The van der Waals surface area contributed by atoms with Crippen molar-refractivity contribution in [3.05, 3.63) is 16.1 Å². The molecule has 102 valence electrons. The molecule has 1 saturated heterocycles. The molecular formula is C14H25N3S. The minimum atomic E-state index is 0.316. The molecule has 1 aromatic rings. The van der Waals surface area contributed by atoms with Crippen LogP contribution >= 0.6 is 11.3 Å². The first-order valence-corrected chi connectivity index (χ1v) is 7.62. The van der Waals surface area contributed by atoms with Gasteiger partial charge in [-0.15, -0.1) is 11.3 Å². The van der Waals surface area contributed by atoms with Crippen molar-refractivity contribution in [3.8, 4) is 0 Å². The van der Waals surface area contributed by atoms with Crippen LogP contribution in [0, 0.1) is 12.3 Å². The molecule has 1 fully saturated rings. The van der Waals surface area contributed by atoms with Crippen molar-refractivity contribution in [3.63, 3.8) is 0 Å². The summed E-state index contributed by atoms with van der Waals surface area (Å²) in [6.45, 7) is 14.5. The number of nitrogens with zero attached hydrogens (tertiary/aromatic N) is 2. The molecule has 0 spiro atoms. The van der Waals surface area contributed by atoms with Crippen LogP contribution in [0.15, 0.2) is 5.38 Å². The van der Waals surface area contributed by atoms with Crippen LogP contribution in [0.3, 0.4) is 0 Å². The summed E-state index contributed by atoms with van der Waals surface area (Å²) >= 11 is 1.75. The van der Waals surface area contributed by atoms with Gasteiger partial charge < -0.3 is 5.32 Å². The molecule has 1 N–H and O–H groups in total. The maximum Gasteiger partial charge on any atom is 0.0897 e. The van der Waals surface area contributed by atoms with Crippen molar-refractivity contribution >= 4 is 11.3 Å². The lowest BCUT2D eigenvalue weighted by Gasteiger charge is -2.43. The number of hydrogen-bond acceptors (Lipinski definition) is 4. The topological polar surface area (TPSA) is 28.2 Å². The quantitative estimate of drug-likeness (QED) is 0.893. The fourth-order valence-corrected chi connectivity index (χ4v) is 3.01. The highest BCUT2D eigenvalue weighted by molar-refractivity contribution is 7.09. The van der Waals surface area contributed by atoms with Gasteiger partial charge in [-0.25, -0.2) is 4.98 Å². The Balaban J connectivity index is 2.02. The van der Waals surface area contributed by atoms with Gasteiger partial charge in [0.15, 0.2) is 0 Å². The maximum absolute atomic E-state index is 4.58. The molecule has 0 aliphatic carbocycles. The van der Waals surface area contributed by atoms with Gasteiger partial charge in [-0.3, -0.25) is 4.90 Å². The Kier molecular flexibility index (Phi) is 4.09. The molecule has 1 aliphatic heterocycles. The lowest BCUT2D eigenvalue weighted by atomic mass is 9.85. The zero-order chi connectivity index (χ0) is 13.3. The van der Waals surface area contributed by atoms with Gasteiger partial charge in [0.05, 0.1) is 10.7 Å². The molecule has 1 aliphatic rings. The second-order valence-corrected chi connectivity index (χ2v) is 7.53. The highest BCUT2D eigenvalue weighted by Crippen LogP contribution is 2.24. The summed E-state index contributed by atoms with van der Waals surface area (Å²) in [5.74, 6) is 0. The molecule has 0 bridgehead atoms. The minimum Gasteiger partial charge on any atom is -0.311 e. The van der Waals surface area contributed by atoms with E-state index in [1.54, 1.807) is 11.3 Å². The Labute approximate surface area is 115 Å². The third-order valence-electron chi connectivity index (χ3n) is 3.78. The van der Waals surface area contributed by atoms with E-state index in [4.69, 9.17) is 0 Å². The molecule has 0 saturated carbocycles. The number of aryl methyl sites for hydroxylation is 1. The summed E-state index contributed by atoms with van der Waals surface area (Å²) in [7, 11) is 0. The third-order valence-corrected chi connectivity index (χ3v) is 4.60. The van der Waals surface area contributed by atoms with Crippen molar-refractivity contribution < 1.29 is 0 Å². The van der Waals surface area contributed by atoms with Gasteiger partial charge in [0.2, 0.25) is 0 Å². The van der Waals surface area contributed by atoms with Crippen LogP contribution in [0.2, 0.25) is 0 Å². The molecule has 4 heteroatoms. The molecule has 0 aromatic carbocycles. The average molecular weight is 267 g/mol. The van der Waals surface area contributed by atoms with Gasteiger partial charge >= 0.3 is 0 Å². The summed E-state index contributed by atoms with van der Waals surface area (Å²) < 4.78 is 0. The number of rotatable bonds is 2. The first-order chi connectivity index (χ1) is 8.36. The largest absolute Gasteiger partial charge is 0.311 e. The number of aromatic nitrogens is 1. The van der Waals surface area contributed by atoms with E-state index in [9.17, 15) is 0 Å². The van der Waals surface area contributed by atoms with Crippen molar-refractivity contribution in [1.82, 2.24) is 15.2 Å². The SMILES string of the molecule is Cc1nc(CN2CC(C(C)(C)C)NCC2C)cs1. The van der Waals surface area contributed by atoms with Crippen LogP contribution in [0.1, 0.15) is 38.4 Å². The summed E-state index contributed by atoms with van der Waals surface area (Å²) in [5, 5.41) is 7.03. The molecule has 1 aromatic heterocycles. The second kappa shape index (κ2) is 5.27. The second-order valence-electron chi connectivity index (χ2n) is 6.46. The number of piperazine rings is 1. The fraction of sp³-hybridized carbons (Fsp3) is 0.786. The van der Waals surface area contributed by atoms with Crippen LogP contribution in [0.4, 0.5) is 0 Å². The summed E-state index contributed by atoms with van der Waals surface area (Å²) in [6, 6.07) is 1.15. The van der Waals surface area contributed by atoms with E-state index in [1.807, 2.05) is 0 Å². The molecular weight excluding hydrogens is 242 g/mol. The van der Waals surface area contributed by atoms with Gasteiger partial charge in [0.1, 0.15) is 0 Å². The number of thiazole rings is 1. The van der Waals surface area contributed by atoms with Crippen LogP contribution in [-0.4, -0.2) is 35.1 Å². The van der Waals surface area contributed by atoms with Gasteiger partial charge in [0, 0.05) is 37.1 Å². The van der Waals surface area contributed by atoms with Gasteiger partial charge in [0.25, 0.3) is 0 Å². The molecule has 2 rings (SSSR count). The zero-order valence-electron chi connectivity index (χ0n) is 12.2. The summed E-state index contributed by atoms with van der Waals surface area (Å²) in [6.07, 6.45) is 0. The van der Waals surface area contributed by atoms with Crippen LogP contribution < -0.4 is 5.32 Å². The van der Waals surface area contributed by atoms with Crippen molar-refractivity contribution in [2.24, 2.45) is 5.41 Å². The standard InChI is InChI=1S/C14H25N3S/c1-10-6-15-13(14(3,4)5)8-17(10)7-12-9-18-11(2)16-12/h9-10,13,15H,6-8H2,1-5H3. The zero-order valence-corrected chi connectivity index (χ0v) is 13.0. The normalized spacial score (nSPS) is 26.5.